The van der Waals surface area contributed by atoms with E-state index in [1.807, 2.05) is 0 Å². The fraction of sp³-hybridized carbons (Fsp3) is 0.333. The summed E-state index contributed by atoms with van der Waals surface area (Å²) in [6, 6.07) is 0. The van der Waals surface area contributed by atoms with E-state index in [0.717, 1.165) is 0 Å². The van der Waals surface area contributed by atoms with E-state index >= 15 is 0 Å². The zero-order chi connectivity index (χ0) is 8.10. The molecule has 0 saturated carbocycles. The summed E-state index contributed by atoms with van der Waals surface area (Å²) in [6.45, 7) is 0.485. The van der Waals surface area contributed by atoms with E-state index in [4.69, 9.17) is 10.8 Å². The predicted octanol–water partition coefficient (Wildman–Crippen LogP) is -0.537. The average Bonchev–Trinajstić information content (AvgIpc) is 2.03. The summed E-state index contributed by atoms with van der Waals surface area (Å²) in [6.07, 6.45) is 3.05. The molecule has 0 atom stereocenters. The Morgan fingerprint density at radius 3 is 2.82 bits per heavy atom. The molecule has 1 aromatic rings. The average molecular weight is 154 g/mol. The van der Waals surface area contributed by atoms with Gasteiger partial charge in [-0.2, -0.15) is 0 Å². The highest BCUT2D eigenvalue weighted by atomic mass is 16.3. The molecule has 4 N–H and O–H groups in total. The third-order valence-corrected chi connectivity index (χ3v) is 1.13. The molecule has 60 valence electrons. The smallest absolute Gasteiger partial charge is 0.169 e. The van der Waals surface area contributed by atoms with Gasteiger partial charge in [0.25, 0.3) is 0 Å². The number of aromatic nitrogens is 2. The molecule has 5 heteroatoms. The van der Waals surface area contributed by atoms with Crippen LogP contribution in [0.1, 0.15) is 0 Å². The van der Waals surface area contributed by atoms with Gasteiger partial charge in [0.15, 0.2) is 11.6 Å². The van der Waals surface area contributed by atoms with Crippen molar-refractivity contribution in [3.63, 3.8) is 0 Å². The van der Waals surface area contributed by atoms with Crippen LogP contribution in [0.3, 0.4) is 0 Å². The summed E-state index contributed by atoms with van der Waals surface area (Å²) in [5.41, 5.74) is 5.44. The Morgan fingerprint density at radius 1 is 1.45 bits per heavy atom. The monoisotopic (exact) mass is 154 g/mol. The lowest BCUT2D eigenvalue weighted by molar-refractivity contribution is 0.311. The van der Waals surface area contributed by atoms with Gasteiger partial charge in [0.05, 0.1) is 6.61 Å². The largest absolute Gasteiger partial charge is 0.395 e. The number of nitrogens with one attached hydrogen (secondary N) is 1. The second-order valence-electron chi connectivity index (χ2n) is 1.94. The van der Waals surface area contributed by atoms with Crippen LogP contribution in [0.15, 0.2) is 12.4 Å². The minimum Gasteiger partial charge on any atom is -0.395 e. The highest BCUT2D eigenvalue weighted by molar-refractivity contribution is 5.54. The molecule has 5 nitrogen and oxygen atoms in total. The normalized spacial score (nSPS) is 9.55. The van der Waals surface area contributed by atoms with Crippen LogP contribution in [0.2, 0.25) is 0 Å². The lowest BCUT2D eigenvalue weighted by Crippen LogP contribution is -2.09. The molecular formula is C6H10N4O. The van der Waals surface area contributed by atoms with Crippen LogP contribution in [0.4, 0.5) is 11.6 Å². The van der Waals surface area contributed by atoms with Crippen molar-refractivity contribution in [1.82, 2.24) is 9.97 Å². The van der Waals surface area contributed by atoms with Crippen molar-refractivity contribution in [1.29, 1.82) is 0 Å². The van der Waals surface area contributed by atoms with Gasteiger partial charge in [-0.3, -0.25) is 0 Å². The van der Waals surface area contributed by atoms with E-state index in [0.29, 0.717) is 18.2 Å². The van der Waals surface area contributed by atoms with Crippen molar-refractivity contribution in [3.05, 3.63) is 12.4 Å². The second kappa shape index (κ2) is 3.72. The summed E-state index contributed by atoms with van der Waals surface area (Å²) < 4.78 is 0. The van der Waals surface area contributed by atoms with Gasteiger partial charge in [0.2, 0.25) is 0 Å². The number of nitrogen functional groups attached to an aromatic ring is 1. The van der Waals surface area contributed by atoms with Crippen molar-refractivity contribution >= 4 is 11.6 Å². The standard InChI is InChI=1S/C6H10N4O/c7-5-6(10-3-4-11)9-2-1-8-5/h1-2,11H,3-4H2,(H2,7,8)(H,9,10). The third kappa shape index (κ3) is 2.05. The van der Waals surface area contributed by atoms with Gasteiger partial charge < -0.3 is 16.2 Å². The number of rotatable bonds is 3. The molecule has 0 aliphatic heterocycles. The Morgan fingerprint density at radius 2 is 2.18 bits per heavy atom. The first-order valence-corrected chi connectivity index (χ1v) is 3.26. The Bertz CT molecular complexity index is 228. The molecule has 1 heterocycles. The van der Waals surface area contributed by atoms with E-state index in [2.05, 4.69) is 15.3 Å². The van der Waals surface area contributed by atoms with Crippen LogP contribution in [-0.4, -0.2) is 28.2 Å². The first-order chi connectivity index (χ1) is 5.34. The van der Waals surface area contributed by atoms with Crippen molar-refractivity contribution in [2.45, 2.75) is 0 Å². The van der Waals surface area contributed by atoms with Crippen LogP contribution < -0.4 is 11.1 Å². The molecule has 0 aliphatic rings. The minimum absolute atomic E-state index is 0.0516. The quantitative estimate of drug-likeness (QED) is 0.544. The fourth-order valence-corrected chi connectivity index (χ4v) is 0.659. The molecule has 0 spiro atoms. The van der Waals surface area contributed by atoms with Gasteiger partial charge in [-0.25, -0.2) is 9.97 Å². The first-order valence-electron chi connectivity index (χ1n) is 3.26. The molecule has 0 aromatic carbocycles. The summed E-state index contributed by atoms with van der Waals surface area (Å²) in [5, 5.41) is 11.3. The van der Waals surface area contributed by atoms with Crippen LogP contribution in [0.25, 0.3) is 0 Å². The van der Waals surface area contributed by atoms with E-state index < -0.39 is 0 Å². The predicted molar refractivity (Wildman–Crippen MR) is 42.0 cm³/mol. The first kappa shape index (κ1) is 7.74. The Labute approximate surface area is 64.3 Å². The van der Waals surface area contributed by atoms with Gasteiger partial charge >= 0.3 is 0 Å². The molecule has 1 rings (SSSR count). The van der Waals surface area contributed by atoms with E-state index in [1.165, 1.54) is 12.4 Å². The lowest BCUT2D eigenvalue weighted by atomic mass is 10.5. The molecule has 0 unspecified atom stereocenters. The molecular weight excluding hydrogens is 144 g/mol. The molecule has 11 heavy (non-hydrogen) atoms. The van der Waals surface area contributed by atoms with Gasteiger partial charge in [-0.15, -0.1) is 0 Å². The molecule has 0 fully saturated rings. The van der Waals surface area contributed by atoms with Crippen LogP contribution in [0.5, 0.6) is 0 Å². The van der Waals surface area contributed by atoms with Crippen LogP contribution in [0, 0.1) is 0 Å². The minimum atomic E-state index is 0.0516. The number of nitrogens with zero attached hydrogens (tertiary/aromatic N) is 2. The highest BCUT2D eigenvalue weighted by Gasteiger charge is 1.96. The van der Waals surface area contributed by atoms with Crippen LogP contribution >= 0.6 is 0 Å². The van der Waals surface area contributed by atoms with E-state index in [-0.39, 0.29) is 6.61 Å². The van der Waals surface area contributed by atoms with Crippen molar-refractivity contribution < 1.29 is 5.11 Å². The maximum atomic E-state index is 8.47. The van der Waals surface area contributed by atoms with Gasteiger partial charge in [-0.05, 0) is 0 Å². The maximum absolute atomic E-state index is 8.47. The number of nitrogens with two attached hydrogens (primary N) is 1. The molecule has 0 saturated heterocycles. The topological polar surface area (TPSA) is 84.1 Å². The van der Waals surface area contributed by atoms with E-state index in [1.54, 1.807) is 0 Å². The van der Waals surface area contributed by atoms with Crippen LogP contribution in [-0.2, 0) is 0 Å². The fourth-order valence-electron chi connectivity index (χ4n) is 0.659. The summed E-state index contributed by atoms with van der Waals surface area (Å²) in [7, 11) is 0. The van der Waals surface area contributed by atoms with Crippen molar-refractivity contribution in [3.8, 4) is 0 Å². The molecule has 0 amide bonds. The molecule has 1 aromatic heterocycles. The van der Waals surface area contributed by atoms with Crippen molar-refractivity contribution in [2.24, 2.45) is 0 Å². The Balaban J connectivity index is 2.62. The summed E-state index contributed by atoms with van der Waals surface area (Å²) in [4.78, 5) is 7.71. The Hall–Kier alpha value is -1.36. The van der Waals surface area contributed by atoms with Gasteiger partial charge in [-0.1, -0.05) is 0 Å². The summed E-state index contributed by atoms with van der Waals surface area (Å²) >= 11 is 0. The second-order valence-corrected chi connectivity index (χ2v) is 1.94. The number of anilines is 2. The molecule has 0 radical (unpaired) electrons. The highest BCUT2D eigenvalue weighted by Crippen LogP contribution is 2.07. The SMILES string of the molecule is Nc1nccnc1NCCO. The number of hydrogen-bond donors (Lipinski definition) is 3. The number of aliphatic hydroxyl groups is 1. The lowest BCUT2D eigenvalue weighted by Gasteiger charge is -2.03. The molecule has 0 aliphatic carbocycles. The molecule has 0 bridgehead atoms. The maximum Gasteiger partial charge on any atom is 0.169 e. The summed E-state index contributed by atoms with van der Waals surface area (Å²) in [5.74, 6) is 0.863. The number of aliphatic hydroxyl groups excluding tert-OH is 1. The van der Waals surface area contributed by atoms with Gasteiger partial charge in [0, 0.05) is 18.9 Å². The van der Waals surface area contributed by atoms with Crippen molar-refractivity contribution in [2.75, 3.05) is 24.2 Å². The number of hydrogen-bond acceptors (Lipinski definition) is 5. The zero-order valence-corrected chi connectivity index (χ0v) is 5.99. The zero-order valence-electron chi connectivity index (χ0n) is 5.99. The van der Waals surface area contributed by atoms with Gasteiger partial charge in [0.1, 0.15) is 0 Å². The Kier molecular flexibility index (Phi) is 2.62. The third-order valence-electron chi connectivity index (χ3n) is 1.13. The van der Waals surface area contributed by atoms with E-state index in [9.17, 15) is 0 Å².